The van der Waals surface area contributed by atoms with Crippen LogP contribution in [0, 0.1) is 6.92 Å². The first kappa shape index (κ1) is 13.0. The minimum Gasteiger partial charge on any atom is -0.347 e. The molecule has 0 unspecified atom stereocenters. The number of rotatable bonds is 4. The van der Waals surface area contributed by atoms with Crippen molar-refractivity contribution in [1.82, 2.24) is 14.9 Å². The number of aryl methyl sites for hydroxylation is 1. The summed E-state index contributed by atoms with van der Waals surface area (Å²) in [5.41, 5.74) is 2.72. The number of nitrogens with zero attached hydrogens (tertiary/aromatic N) is 2. The maximum absolute atomic E-state index is 11.8. The number of carbonyl (C=O) groups excluding carboxylic acids is 1. The number of hydrogen-bond donors (Lipinski definition) is 1. The highest BCUT2D eigenvalue weighted by Crippen LogP contribution is 2.10. The van der Waals surface area contributed by atoms with Gasteiger partial charge in [-0.2, -0.15) is 0 Å². The fourth-order valence-corrected chi connectivity index (χ4v) is 2.26. The Morgan fingerprint density at radius 1 is 1.44 bits per heavy atom. The van der Waals surface area contributed by atoms with Gasteiger partial charge in [0.05, 0.1) is 5.69 Å². The largest absolute Gasteiger partial charge is 0.347 e. The molecule has 2 rings (SSSR count). The minimum atomic E-state index is -0.140. The van der Waals surface area contributed by atoms with Crippen molar-refractivity contribution < 1.29 is 4.79 Å². The molecule has 1 aromatic carbocycles. The molecule has 94 valence electrons. The van der Waals surface area contributed by atoms with Gasteiger partial charge < -0.3 is 5.32 Å². The summed E-state index contributed by atoms with van der Waals surface area (Å²) in [7, 11) is 0. The van der Waals surface area contributed by atoms with E-state index in [1.54, 1.807) is 6.92 Å². The Bertz CT molecular complexity index is 556. The van der Waals surface area contributed by atoms with Crippen LogP contribution in [0.3, 0.4) is 0 Å². The monoisotopic (exact) mass is 281 g/mol. The molecule has 0 radical (unpaired) electrons. The van der Waals surface area contributed by atoms with Crippen LogP contribution in [0.5, 0.6) is 0 Å². The Hall–Kier alpha value is -1.46. The highest BCUT2D eigenvalue weighted by Gasteiger charge is 2.12. The third-order valence-corrected chi connectivity index (χ3v) is 3.59. The van der Waals surface area contributed by atoms with Gasteiger partial charge >= 0.3 is 0 Å². The lowest BCUT2D eigenvalue weighted by atomic mass is 10.1. The van der Waals surface area contributed by atoms with Crippen LogP contribution in [0.15, 0.2) is 24.3 Å². The lowest BCUT2D eigenvalue weighted by molar-refractivity contribution is 0.0954. The van der Waals surface area contributed by atoms with Gasteiger partial charge in [-0.05, 0) is 29.6 Å². The van der Waals surface area contributed by atoms with E-state index in [1.807, 2.05) is 24.3 Å². The van der Waals surface area contributed by atoms with Crippen LogP contribution in [0.25, 0.3) is 0 Å². The summed E-state index contributed by atoms with van der Waals surface area (Å²) in [6.45, 7) is 2.24. The van der Waals surface area contributed by atoms with Gasteiger partial charge in [0.2, 0.25) is 0 Å². The Morgan fingerprint density at radius 2 is 2.22 bits per heavy atom. The molecule has 0 bridgehead atoms. The normalized spacial score (nSPS) is 10.3. The molecule has 0 saturated carbocycles. The third kappa shape index (κ3) is 3.05. The van der Waals surface area contributed by atoms with Crippen LogP contribution < -0.4 is 5.32 Å². The summed E-state index contributed by atoms with van der Waals surface area (Å²) in [6.07, 6.45) is 0. The smallest absolute Gasteiger partial charge is 0.265 e. The molecule has 1 N–H and O–H groups in total. The number of hydrogen-bond acceptors (Lipinski definition) is 4. The summed E-state index contributed by atoms with van der Waals surface area (Å²) < 4.78 is 3.74. The molecule has 0 saturated heterocycles. The predicted octanol–water partition coefficient (Wildman–Crippen LogP) is 2.52. The van der Waals surface area contributed by atoms with Crippen molar-refractivity contribution in [3.8, 4) is 0 Å². The number of nitrogens with one attached hydrogen (secondary N) is 1. The van der Waals surface area contributed by atoms with Gasteiger partial charge in [0.25, 0.3) is 5.91 Å². The van der Waals surface area contributed by atoms with Crippen LogP contribution in [0.1, 0.15) is 26.5 Å². The molecule has 2 aromatic rings. The molecule has 0 spiro atoms. The van der Waals surface area contributed by atoms with E-state index in [9.17, 15) is 4.79 Å². The maximum atomic E-state index is 11.8. The number of aromatic nitrogens is 2. The van der Waals surface area contributed by atoms with Crippen molar-refractivity contribution in [3.05, 3.63) is 46.0 Å². The second-order valence-electron chi connectivity index (χ2n) is 3.82. The number of halogens is 1. The van der Waals surface area contributed by atoms with Crippen molar-refractivity contribution >= 4 is 29.0 Å². The van der Waals surface area contributed by atoms with Gasteiger partial charge in [-0.3, -0.25) is 4.79 Å². The van der Waals surface area contributed by atoms with E-state index in [-0.39, 0.29) is 5.91 Å². The Balaban J connectivity index is 1.99. The minimum absolute atomic E-state index is 0.140. The van der Waals surface area contributed by atoms with Gasteiger partial charge in [0.15, 0.2) is 0 Å². The lowest BCUT2D eigenvalue weighted by Crippen LogP contribution is -2.22. The molecular formula is C12H12ClN3OS. The first-order chi connectivity index (χ1) is 8.70. The summed E-state index contributed by atoms with van der Waals surface area (Å²) in [6, 6.07) is 7.81. The Morgan fingerprint density at radius 3 is 2.89 bits per heavy atom. The zero-order valence-electron chi connectivity index (χ0n) is 9.81. The molecule has 1 aromatic heterocycles. The molecule has 0 aliphatic heterocycles. The molecule has 1 amide bonds. The quantitative estimate of drug-likeness (QED) is 0.876. The van der Waals surface area contributed by atoms with Gasteiger partial charge in [-0.1, -0.05) is 28.8 Å². The number of benzene rings is 1. The van der Waals surface area contributed by atoms with E-state index in [4.69, 9.17) is 11.6 Å². The van der Waals surface area contributed by atoms with Gasteiger partial charge in [0, 0.05) is 12.4 Å². The second kappa shape index (κ2) is 5.93. The first-order valence-corrected chi connectivity index (χ1v) is 6.72. The van der Waals surface area contributed by atoms with Crippen LogP contribution >= 0.6 is 23.1 Å². The van der Waals surface area contributed by atoms with Gasteiger partial charge in [-0.25, -0.2) is 0 Å². The van der Waals surface area contributed by atoms with E-state index < -0.39 is 0 Å². The van der Waals surface area contributed by atoms with E-state index >= 15 is 0 Å². The zero-order chi connectivity index (χ0) is 13.0. The van der Waals surface area contributed by atoms with Gasteiger partial charge in [0.1, 0.15) is 4.88 Å². The van der Waals surface area contributed by atoms with Crippen LogP contribution in [0.2, 0.25) is 0 Å². The summed E-state index contributed by atoms with van der Waals surface area (Å²) in [4.78, 5) is 12.4. The van der Waals surface area contributed by atoms with Crippen molar-refractivity contribution in [2.45, 2.75) is 19.3 Å². The molecule has 0 aliphatic carbocycles. The first-order valence-electron chi connectivity index (χ1n) is 5.41. The fourth-order valence-electron chi connectivity index (χ4n) is 1.53. The highest BCUT2D eigenvalue weighted by molar-refractivity contribution is 7.07. The van der Waals surface area contributed by atoms with Crippen LogP contribution in [-0.2, 0) is 12.4 Å². The second-order valence-corrected chi connectivity index (χ2v) is 4.85. The van der Waals surface area contributed by atoms with E-state index in [1.165, 1.54) is 0 Å². The SMILES string of the molecule is Cc1nnsc1C(=O)NCc1cccc(CCl)c1. The number of amides is 1. The van der Waals surface area contributed by atoms with Crippen molar-refractivity contribution in [3.63, 3.8) is 0 Å². The van der Waals surface area contributed by atoms with E-state index in [0.29, 0.717) is 23.0 Å². The molecule has 6 heteroatoms. The molecule has 18 heavy (non-hydrogen) atoms. The number of carbonyl (C=O) groups is 1. The molecule has 0 aliphatic rings. The summed E-state index contributed by atoms with van der Waals surface area (Å²) in [5.74, 6) is 0.332. The highest BCUT2D eigenvalue weighted by atomic mass is 35.5. The average molecular weight is 282 g/mol. The molecular weight excluding hydrogens is 270 g/mol. The van der Waals surface area contributed by atoms with Crippen molar-refractivity contribution in [1.29, 1.82) is 0 Å². The summed E-state index contributed by atoms with van der Waals surface area (Å²) in [5, 5.41) is 6.65. The maximum Gasteiger partial charge on any atom is 0.265 e. The molecule has 1 heterocycles. The summed E-state index contributed by atoms with van der Waals surface area (Å²) >= 11 is 6.87. The Labute approximate surface area is 114 Å². The van der Waals surface area contributed by atoms with Crippen LogP contribution in [0.4, 0.5) is 0 Å². The topological polar surface area (TPSA) is 54.9 Å². The van der Waals surface area contributed by atoms with Gasteiger partial charge in [-0.15, -0.1) is 16.7 Å². The van der Waals surface area contributed by atoms with E-state index in [2.05, 4.69) is 14.9 Å². The van der Waals surface area contributed by atoms with Crippen molar-refractivity contribution in [2.24, 2.45) is 0 Å². The molecule has 4 nitrogen and oxygen atoms in total. The molecule has 0 atom stereocenters. The fraction of sp³-hybridized carbons (Fsp3) is 0.250. The standard InChI is InChI=1S/C12H12ClN3OS/c1-8-11(18-16-15-8)12(17)14-7-10-4-2-3-9(5-10)6-13/h2-5H,6-7H2,1H3,(H,14,17). The zero-order valence-corrected chi connectivity index (χ0v) is 11.4. The predicted molar refractivity (Wildman–Crippen MR) is 71.8 cm³/mol. The Kier molecular flexibility index (Phi) is 4.28. The lowest BCUT2D eigenvalue weighted by Gasteiger charge is -2.05. The third-order valence-electron chi connectivity index (χ3n) is 2.46. The number of alkyl halides is 1. The average Bonchev–Trinajstić information content (AvgIpc) is 2.82. The van der Waals surface area contributed by atoms with Crippen LogP contribution in [-0.4, -0.2) is 15.5 Å². The van der Waals surface area contributed by atoms with E-state index in [0.717, 1.165) is 22.7 Å². The molecule has 0 fully saturated rings. The van der Waals surface area contributed by atoms with Crippen molar-refractivity contribution in [2.75, 3.05) is 0 Å².